The SMILES string of the molecule is Cc1ccc(S(=O)(=O)NC2CCC(Nc3nccc(-c4ccc5ccccc5c4)n3)CC2)cc1. The lowest BCUT2D eigenvalue weighted by Gasteiger charge is -2.29. The van der Waals surface area contributed by atoms with Gasteiger partial charge in [-0.05, 0) is 67.6 Å². The second-order valence-electron chi connectivity index (χ2n) is 8.95. The molecule has 34 heavy (non-hydrogen) atoms. The summed E-state index contributed by atoms with van der Waals surface area (Å²) >= 11 is 0. The number of aryl methyl sites for hydroxylation is 1. The molecule has 4 aromatic rings. The smallest absolute Gasteiger partial charge is 0.240 e. The van der Waals surface area contributed by atoms with Gasteiger partial charge in [0, 0.05) is 23.8 Å². The maximum absolute atomic E-state index is 12.7. The molecule has 0 aliphatic heterocycles. The Balaban J connectivity index is 1.21. The molecule has 0 spiro atoms. The summed E-state index contributed by atoms with van der Waals surface area (Å²) < 4.78 is 28.3. The van der Waals surface area contributed by atoms with Crippen LogP contribution in [0.1, 0.15) is 31.2 Å². The second kappa shape index (κ2) is 9.52. The van der Waals surface area contributed by atoms with Crippen molar-refractivity contribution in [2.24, 2.45) is 0 Å². The van der Waals surface area contributed by atoms with Crippen LogP contribution in [0.5, 0.6) is 0 Å². The van der Waals surface area contributed by atoms with E-state index in [1.165, 1.54) is 10.8 Å². The van der Waals surface area contributed by atoms with E-state index in [0.29, 0.717) is 10.8 Å². The summed E-state index contributed by atoms with van der Waals surface area (Å²) in [4.78, 5) is 9.47. The van der Waals surface area contributed by atoms with Crippen molar-refractivity contribution in [3.8, 4) is 11.3 Å². The number of hydrogen-bond donors (Lipinski definition) is 2. The highest BCUT2D eigenvalue weighted by atomic mass is 32.2. The van der Waals surface area contributed by atoms with E-state index in [1.807, 2.05) is 37.3 Å². The molecule has 3 aromatic carbocycles. The van der Waals surface area contributed by atoms with E-state index in [1.54, 1.807) is 18.3 Å². The zero-order chi connectivity index (χ0) is 23.5. The normalized spacial score (nSPS) is 18.6. The molecule has 7 heteroatoms. The number of anilines is 1. The van der Waals surface area contributed by atoms with Crippen LogP contribution in [0.3, 0.4) is 0 Å². The number of rotatable bonds is 6. The molecule has 5 rings (SSSR count). The van der Waals surface area contributed by atoms with E-state index in [2.05, 4.69) is 45.4 Å². The number of nitrogens with one attached hydrogen (secondary N) is 2. The van der Waals surface area contributed by atoms with E-state index in [0.717, 1.165) is 42.5 Å². The summed E-state index contributed by atoms with van der Waals surface area (Å²) in [5.74, 6) is 0.606. The fraction of sp³-hybridized carbons (Fsp3) is 0.259. The highest BCUT2D eigenvalue weighted by molar-refractivity contribution is 7.89. The third kappa shape index (κ3) is 5.11. The lowest BCUT2D eigenvalue weighted by Crippen LogP contribution is -2.40. The zero-order valence-electron chi connectivity index (χ0n) is 19.1. The van der Waals surface area contributed by atoms with Crippen molar-refractivity contribution in [2.75, 3.05) is 5.32 Å². The van der Waals surface area contributed by atoms with Gasteiger partial charge in [0.25, 0.3) is 0 Å². The van der Waals surface area contributed by atoms with Gasteiger partial charge >= 0.3 is 0 Å². The van der Waals surface area contributed by atoms with Crippen molar-refractivity contribution in [3.63, 3.8) is 0 Å². The topological polar surface area (TPSA) is 84.0 Å². The minimum atomic E-state index is -3.50. The van der Waals surface area contributed by atoms with Gasteiger partial charge in [0.15, 0.2) is 0 Å². The van der Waals surface area contributed by atoms with Gasteiger partial charge in [-0.2, -0.15) is 0 Å². The van der Waals surface area contributed by atoms with Gasteiger partial charge in [-0.25, -0.2) is 23.1 Å². The average Bonchev–Trinajstić information content (AvgIpc) is 2.85. The minimum Gasteiger partial charge on any atom is -0.351 e. The number of hydrogen-bond acceptors (Lipinski definition) is 5. The first kappa shape index (κ1) is 22.5. The fourth-order valence-corrected chi connectivity index (χ4v) is 5.79. The van der Waals surface area contributed by atoms with E-state index < -0.39 is 10.0 Å². The molecule has 1 aliphatic rings. The number of fused-ring (bicyclic) bond motifs is 1. The Hall–Kier alpha value is -3.29. The van der Waals surface area contributed by atoms with Crippen LogP contribution in [0.2, 0.25) is 0 Å². The molecule has 2 N–H and O–H groups in total. The molecule has 0 amide bonds. The molecular weight excluding hydrogens is 444 g/mol. The Morgan fingerprint density at radius 2 is 1.53 bits per heavy atom. The molecule has 174 valence electrons. The standard InChI is InChI=1S/C27H28N4O2S/c1-19-6-14-25(15-7-19)34(32,33)31-24-12-10-23(11-13-24)29-27-28-17-16-26(30-27)22-9-8-20-4-2-3-5-21(20)18-22/h2-9,14-18,23-24,31H,10-13H2,1H3,(H,28,29,30). The summed E-state index contributed by atoms with van der Waals surface area (Å²) in [7, 11) is -3.50. The maximum atomic E-state index is 12.7. The fourth-order valence-electron chi connectivity index (χ4n) is 4.48. The van der Waals surface area contributed by atoms with E-state index in [4.69, 9.17) is 4.98 Å². The Morgan fingerprint density at radius 3 is 2.29 bits per heavy atom. The van der Waals surface area contributed by atoms with Gasteiger partial charge in [-0.3, -0.25) is 0 Å². The van der Waals surface area contributed by atoms with Gasteiger partial charge in [0.2, 0.25) is 16.0 Å². The monoisotopic (exact) mass is 472 g/mol. The lowest BCUT2D eigenvalue weighted by molar-refractivity contribution is 0.386. The molecule has 1 heterocycles. The molecule has 1 aliphatic carbocycles. The Labute approximate surface area is 200 Å². The van der Waals surface area contributed by atoms with Gasteiger partial charge in [0.05, 0.1) is 10.6 Å². The predicted molar refractivity (Wildman–Crippen MR) is 136 cm³/mol. The Morgan fingerprint density at radius 1 is 0.824 bits per heavy atom. The summed E-state index contributed by atoms with van der Waals surface area (Å²) in [5.41, 5.74) is 2.97. The van der Waals surface area contributed by atoms with Crippen molar-refractivity contribution in [1.29, 1.82) is 0 Å². The maximum Gasteiger partial charge on any atom is 0.240 e. The lowest BCUT2D eigenvalue weighted by atomic mass is 9.92. The first-order valence-electron chi connectivity index (χ1n) is 11.6. The Bertz CT molecular complexity index is 1400. The van der Waals surface area contributed by atoms with Gasteiger partial charge in [0.1, 0.15) is 0 Å². The highest BCUT2D eigenvalue weighted by Crippen LogP contribution is 2.26. The van der Waals surface area contributed by atoms with Crippen LogP contribution >= 0.6 is 0 Å². The van der Waals surface area contributed by atoms with Gasteiger partial charge < -0.3 is 5.32 Å². The average molecular weight is 473 g/mol. The van der Waals surface area contributed by atoms with Crippen LogP contribution in [0.4, 0.5) is 5.95 Å². The molecule has 0 atom stereocenters. The van der Waals surface area contributed by atoms with Gasteiger partial charge in [-0.1, -0.05) is 54.1 Å². The first-order chi connectivity index (χ1) is 16.5. The van der Waals surface area contributed by atoms with E-state index >= 15 is 0 Å². The summed E-state index contributed by atoms with van der Waals surface area (Å²) in [5, 5.41) is 5.83. The van der Waals surface area contributed by atoms with Crippen LogP contribution in [0.15, 0.2) is 83.9 Å². The second-order valence-corrected chi connectivity index (χ2v) is 10.7. The predicted octanol–water partition coefficient (Wildman–Crippen LogP) is 5.31. The van der Waals surface area contributed by atoms with Crippen molar-refractivity contribution in [2.45, 2.75) is 49.6 Å². The summed E-state index contributed by atoms with van der Waals surface area (Å²) in [6, 6.07) is 23.7. The molecule has 0 bridgehead atoms. The third-order valence-electron chi connectivity index (χ3n) is 6.41. The number of nitrogens with zero attached hydrogens (tertiary/aromatic N) is 2. The van der Waals surface area contributed by atoms with Gasteiger partial charge in [-0.15, -0.1) is 0 Å². The molecule has 1 fully saturated rings. The van der Waals surface area contributed by atoms with Crippen molar-refractivity contribution >= 4 is 26.7 Å². The first-order valence-corrected chi connectivity index (χ1v) is 13.1. The highest BCUT2D eigenvalue weighted by Gasteiger charge is 2.26. The molecular formula is C27H28N4O2S. The molecule has 0 unspecified atom stereocenters. The zero-order valence-corrected chi connectivity index (χ0v) is 19.9. The molecule has 6 nitrogen and oxygen atoms in total. The van der Waals surface area contributed by atoms with E-state index in [-0.39, 0.29) is 12.1 Å². The van der Waals surface area contributed by atoms with Crippen LogP contribution in [-0.4, -0.2) is 30.5 Å². The largest absolute Gasteiger partial charge is 0.351 e. The van der Waals surface area contributed by atoms with Crippen molar-refractivity contribution in [3.05, 3.63) is 84.6 Å². The molecule has 1 saturated carbocycles. The third-order valence-corrected chi connectivity index (χ3v) is 7.95. The number of aromatic nitrogens is 2. The Kier molecular flexibility index (Phi) is 6.30. The van der Waals surface area contributed by atoms with Crippen LogP contribution in [0.25, 0.3) is 22.0 Å². The molecule has 0 radical (unpaired) electrons. The van der Waals surface area contributed by atoms with Crippen LogP contribution in [0, 0.1) is 6.92 Å². The van der Waals surface area contributed by atoms with E-state index in [9.17, 15) is 8.42 Å². The summed E-state index contributed by atoms with van der Waals surface area (Å²) in [6.07, 6.45) is 5.02. The number of benzene rings is 3. The summed E-state index contributed by atoms with van der Waals surface area (Å²) in [6.45, 7) is 1.94. The van der Waals surface area contributed by atoms with Crippen molar-refractivity contribution in [1.82, 2.24) is 14.7 Å². The van der Waals surface area contributed by atoms with Crippen LogP contribution in [-0.2, 0) is 10.0 Å². The molecule has 1 aromatic heterocycles. The van der Waals surface area contributed by atoms with Crippen molar-refractivity contribution < 1.29 is 8.42 Å². The quantitative estimate of drug-likeness (QED) is 0.397. The van der Waals surface area contributed by atoms with Crippen LogP contribution < -0.4 is 10.0 Å². The number of sulfonamides is 1. The minimum absolute atomic E-state index is 0.0609. The molecule has 0 saturated heterocycles.